The molecule has 0 fully saturated rings. The zero-order chi connectivity index (χ0) is 10.9. The maximum absolute atomic E-state index is 13.2. The average molecular weight is 279 g/mol. The van der Waals surface area contributed by atoms with Crippen LogP contribution in [0.25, 0.3) is 0 Å². The maximum Gasteiger partial charge on any atom is 0.139 e. The standard InChI is InChI=1S/C10H10BrClFN/c1-5(2)14-10-6(3)4-7(13)8(11)9(10)12/h4H,1-3H3. The van der Waals surface area contributed by atoms with Crippen molar-refractivity contribution in [2.75, 3.05) is 0 Å². The summed E-state index contributed by atoms with van der Waals surface area (Å²) in [5.74, 6) is -0.361. The van der Waals surface area contributed by atoms with E-state index < -0.39 is 0 Å². The highest BCUT2D eigenvalue weighted by molar-refractivity contribution is 9.10. The molecule has 1 rings (SSSR count). The van der Waals surface area contributed by atoms with Gasteiger partial charge in [-0.05, 0) is 48.3 Å². The van der Waals surface area contributed by atoms with E-state index in [9.17, 15) is 4.39 Å². The SMILES string of the molecule is CC(C)=Nc1c(C)cc(F)c(Br)c1Cl. The molecule has 0 saturated heterocycles. The molecule has 1 aromatic rings. The number of hydrogen-bond acceptors (Lipinski definition) is 1. The van der Waals surface area contributed by atoms with Crippen molar-refractivity contribution in [2.24, 2.45) is 4.99 Å². The van der Waals surface area contributed by atoms with E-state index in [0.29, 0.717) is 10.7 Å². The highest BCUT2D eigenvalue weighted by Gasteiger charge is 2.12. The van der Waals surface area contributed by atoms with Crippen LogP contribution in [0.15, 0.2) is 15.5 Å². The van der Waals surface area contributed by atoms with Gasteiger partial charge in [0.15, 0.2) is 0 Å². The van der Waals surface area contributed by atoms with Gasteiger partial charge in [-0.25, -0.2) is 4.39 Å². The van der Waals surface area contributed by atoms with Crippen molar-refractivity contribution in [3.05, 3.63) is 26.9 Å². The number of halogens is 3. The van der Waals surface area contributed by atoms with Crippen LogP contribution >= 0.6 is 27.5 Å². The van der Waals surface area contributed by atoms with E-state index in [1.807, 2.05) is 13.8 Å². The lowest BCUT2D eigenvalue weighted by Crippen LogP contribution is -1.87. The summed E-state index contributed by atoms with van der Waals surface area (Å²) in [5.41, 5.74) is 2.24. The summed E-state index contributed by atoms with van der Waals surface area (Å²) in [4.78, 5) is 4.25. The second-order valence-corrected chi connectivity index (χ2v) is 4.38. The first-order chi connectivity index (χ1) is 6.43. The van der Waals surface area contributed by atoms with Crippen molar-refractivity contribution >= 4 is 38.9 Å². The fourth-order valence-electron chi connectivity index (χ4n) is 1.06. The lowest BCUT2D eigenvalue weighted by atomic mass is 10.2. The van der Waals surface area contributed by atoms with Gasteiger partial charge in [0, 0.05) is 5.71 Å². The molecule has 0 unspecified atom stereocenters. The first-order valence-electron chi connectivity index (χ1n) is 4.09. The molecule has 0 heterocycles. The van der Waals surface area contributed by atoms with Crippen LogP contribution < -0.4 is 0 Å². The Morgan fingerprint density at radius 1 is 1.50 bits per heavy atom. The predicted octanol–water partition coefficient (Wildman–Crippen LogP) is 4.66. The fraction of sp³-hybridized carbons (Fsp3) is 0.300. The Kier molecular flexibility index (Phi) is 3.67. The number of nitrogens with zero attached hydrogens (tertiary/aromatic N) is 1. The van der Waals surface area contributed by atoms with Crippen LogP contribution in [0.2, 0.25) is 5.02 Å². The van der Waals surface area contributed by atoms with E-state index in [-0.39, 0.29) is 10.3 Å². The second-order valence-electron chi connectivity index (χ2n) is 3.21. The van der Waals surface area contributed by atoms with Gasteiger partial charge < -0.3 is 0 Å². The molecule has 0 aliphatic rings. The lowest BCUT2D eigenvalue weighted by molar-refractivity contribution is 0.620. The van der Waals surface area contributed by atoms with E-state index in [0.717, 1.165) is 11.3 Å². The van der Waals surface area contributed by atoms with Crippen LogP contribution in [-0.2, 0) is 0 Å². The maximum atomic E-state index is 13.2. The molecule has 1 nitrogen and oxygen atoms in total. The van der Waals surface area contributed by atoms with Gasteiger partial charge in [-0.3, -0.25) is 4.99 Å². The summed E-state index contributed by atoms with van der Waals surface area (Å²) >= 11 is 9.03. The van der Waals surface area contributed by atoms with Crippen LogP contribution in [0.5, 0.6) is 0 Å². The van der Waals surface area contributed by atoms with Gasteiger partial charge in [0.05, 0.1) is 15.2 Å². The van der Waals surface area contributed by atoms with Crippen LogP contribution in [0.3, 0.4) is 0 Å². The minimum Gasteiger partial charge on any atom is -0.257 e. The Morgan fingerprint density at radius 2 is 2.07 bits per heavy atom. The summed E-state index contributed by atoms with van der Waals surface area (Å²) in [5, 5.41) is 0.323. The molecule has 0 aromatic heterocycles. The first kappa shape index (κ1) is 11.7. The minimum absolute atomic E-state index is 0.268. The number of aliphatic imine (C=N–C) groups is 1. The van der Waals surface area contributed by atoms with Gasteiger partial charge >= 0.3 is 0 Å². The molecule has 0 atom stereocenters. The van der Waals surface area contributed by atoms with Crippen molar-refractivity contribution in [3.8, 4) is 0 Å². The minimum atomic E-state index is -0.361. The molecule has 14 heavy (non-hydrogen) atoms. The summed E-state index contributed by atoms with van der Waals surface area (Å²) in [6.07, 6.45) is 0. The molecular formula is C10H10BrClFN. The van der Waals surface area contributed by atoms with Crippen LogP contribution in [0, 0.1) is 12.7 Å². The molecule has 0 saturated carbocycles. The third-order valence-electron chi connectivity index (χ3n) is 1.66. The van der Waals surface area contributed by atoms with Gasteiger partial charge in [0.25, 0.3) is 0 Å². The zero-order valence-electron chi connectivity index (χ0n) is 8.16. The summed E-state index contributed by atoms with van der Waals surface area (Å²) in [6.45, 7) is 5.52. The number of benzene rings is 1. The van der Waals surface area contributed by atoms with Crippen molar-refractivity contribution in [3.63, 3.8) is 0 Å². The molecule has 0 radical (unpaired) electrons. The molecule has 0 bridgehead atoms. The van der Waals surface area contributed by atoms with Gasteiger partial charge in [-0.2, -0.15) is 0 Å². The molecule has 1 aromatic carbocycles. The van der Waals surface area contributed by atoms with Gasteiger partial charge in [0.2, 0.25) is 0 Å². The quantitative estimate of drug-likeness (QED) is 0.523. The molecule has 76 valence electrons. The van der Waals surface area contributed by atoms with Crippen molar-refractivity contribution in [1.82, 2.24) is 0 Å². The van der Waals surface area contributed by atoms with Crippen LogP contribution in [0.4, 0.5) is 10.1 Å². The molecule has 0 aliphatic heterocycles. The Hall–Kier alpha value is -0.410. The fourth-order valence-corrected chi connectivity index (χ4v) is 1.65. The van der Waals surface area contributed by atoms with E-state index in [1.165, 1.54) is 6.07 Å². The lowest BCUT2D eigenvalue weighted by Gasteiger charge is -2.06. The largest absolute Gasteiger partial charge is 0.257 e. The average Bonchev–Trinajstić information content (AvgIpc) is 2.09. The molecule has 4 heteroatoms. The van der Waals surface area contributed by atoms with Crippen LogP contribution in [-0.4, -0.2) is 5.71 Å². The number of rotatable bonds is 1. The van der Waals surface area contributed by atoms with E-state index >= 15 is 0 Å². The van der Waals surface area contributed by atoms with E-state index in [1.54, 1.807) is 6.92 Å². The zero-order valence-corrected chi connectivity index (χ0v) is 10.5. The topological polar surface area (TPSA) is 12.4 Å². The van der Waals surface area contributed by atoms with Crippen molar-refractivity contribution < 1.29 is 4.39 Å². The Labute approximate surface area is 96.1 Å². The third kappa shape index (κ3) is 2.34. The summed E-state index contributed by atoms with van der Waals surface area (Å²) in [6, 6.07) is 1.41. The molecule has 0 aliphatic carbocycles. The summed E-state index contributed by atoms with van der Waals surface area (Å²) in [7, 11) is 0. The second kappa shape index (κ2) is 4.41. The molecule has 0 N–H and O–H groups in total. The third-order valence-corrected chi connectivity index (χ3v) is 3.03. The highest BCUT2D eigenvalue weighted by atomic mass is 79.9. The predicted molar refractivity (Wildman–Crippen MR) is 62.3 cm³/mol. The van der Waals surface area contributed by atoms with Gasteiger partial charge in [0.1, 0.15) is 5.82 Å². The Morgan fingerprint density at radius 3 is 2.57 bits per heavy atom. The highest BCUT2D eigenvalue weighted by Crippen LogP contribution is 2.37. The van der Waals surface area contributed by atoms with E-state index in [2.05, 4.69) is 20.9 Å². The number of aryl methyl sites for hydroxylation is 1. The van der Waals surface area contributed by atoms with E-state index in [4.69, 9.17) is 11.6 Å². The smallest absolute Gasteiger partial charge is 0.139 e. The monoisotopic (exact) mass is 277 g/mol. The van der Waals surface area contributed by atoms with Gasteiger partial charge in [-0.1, -0.05) is 11.6 Å². The van der Waals surface area contributed by atoms with Crippen LogP contribution in [0.1, 0.15) is 19.4 Å². The summed E-state index contributed by atoms with van der Waals surface area (Å²) < 4.78 is 13.4. The molecular weight excluding hydrogens is 268 g/mol. The first-order valence-corrected chi connectivity index (χ1v) is 5.26. The normalized spacial score (nSPS) is 10.1. The van der Waals surface area contributed by atoms with Gasteiger partial charge in [-0.15, -0.1) is 0 Å². The van der Waals surface area contributed by atoms with Crippen molar-refractivity contribution in [2.45, 2.75) is 20.8 Å². The molecule has 0 amide bonds. The Bertz CT molecular complexity index is 398. The number of hydrogen-bond donors (Lipinski definition) is 0. The molecule has 0 spiro atoms. The van der Waals surface area contributed by atoms with Crippen molar-refractivity contribution in [1.29, 1.82) is 0 Å². The Balaban J connectivity index is 3.44.